The largest absolute Gasteiger partial charge is 0.382 e. The Labute approximate surface area is 134 Å². The van der Waals surface area contributed by atoms with Gasteiger partial charge in [0.25, 0.3) is 5.56 Å². The average molecular weight is 357 g/mol. The van der Waals surface area contributed by atoms with E-state index in [4.69, 9.17) is 0 Å². The molecule has 118 valence electrons. The van der Waals surface area contributed by atoms with Crippen LogP contribution in [0.25, 0.3) is 0 Å². The van der Waals surface area contributed by atoms with E-state index >= 15 is 0 Å². The van der Waals surface area contributed by atoms with Crippen LogP contribution in [-0.4, -0.2) is 41.4 Å². The SMILES string of the molecule is CC(C)Cn1ncc(NCC2CCCN(C)C2)c(Br)c1=O. The fourth-order valence-corrected chi connectivity index (χ4v) is 3.21. The Bertz CT molecular complexity index is 529. The lowest BCUT2D eigenvalue weighted by molar-refractivity contribution is 0.217. The van der Waals surface area contributed by atoms with Gasteiger partial charge in [0.2, 0.25) is 0 Å². The highest BCUT2D eigenvalue weighted by Crippen LogP contribution is 2.20. The van der Waals surface area contributed by atoms with Gasteiger partial charge in [-0.15, -0.1) is 0 Å². The second kappa shape index (κ2) is 7.40. The molecule has 0 radical (unpaired) electrons. The van der Waals surface area contributed by atoms with Crippen molar-refractivity contribution in [2.24, 2.45) is 11.8 Å². The van der Waals surface area contributed by atoms with Crippen molar-refractivity contribution in [1.82, 2.24) is 14.7 Å². The van der Waals surface area contributed by atoms with Gasteiger partial charge in [0, 0.05) is 19.6 Å². The maximum atomic E-state index is 12.2. The monoisotopic (exact) mass is 356 g/mol. The van der Waals surface area contributed by atoms with Gasteiger partial charge >= 0.3 is 0 Å². The minimum atomic E-state index is -0.0607. The van der Waals surface area contributed by atoms with Gasteiger partial charge < -0.3 is 10.2 Å². The van der Waals surface area contributed by atoms with E-state index in [1.54, 1.807) is 6.20 Å². The van der Waals surface area contributed by atoms with Gasteiger partial charge in [0.15, 0.2) is 0 Å². The molecule has 0 aromatic carbocycles. The predicted molar refractivity (Wildman–Crippen MR) is 89.7 cm³/mol. The number of halogens is 1. The number of hydrogen-bond donors (Lipinski definition) is 1. The van der Waals surface area contributed by atoms with Crippen molar-refractivity contribution in [1.29, 1.82) is 0 Å². The first-order chi connectivity index (χ1) is 9.97. The van der Waals surface area contributed by atoms with Crippen LogP contribution < -0.4 is 10.9 Å². The van der Waals surface area contributed by atoms with Gasteiger partial charge in [0.1, 0.15) is 4.47 Å². The lowest BCUT2D eigenvalue weighted by Gasteiger charge is -2.30. The van der Waals surface area contributed by atoms with Crippen LogP contribution in [0, 0.1) is 11.8 Å². The fraction of sp³-hybridized carbons (Fsp3) is 0.733. The number of nitrogens with zero attached hydrogens (tertiary/aromatic N) is 3. The van der Waals surface area contributed by atoms with Gasteiger partial charge in [-0.2, -0.15) is 5.10 Å². The number of piperidine rings is 1. The van der Waals surface area contributed by atoms with Crippen LogP contribution in [0.4, 0.5) is 5.69 Å². The zero-order valence-corrected chi connectivity index (χ0v) is 14.7. The molecule has 1 aliphatic heterocycles. The van der Waals surface area contributed by atoms with Gasteiger partial charge in [-0.3, -0.25) is 4.79 Å². The Balaban J connectivity index is 2.00. The first-order valence-corrected chi connectivity index (χ1v) is 8.44. The zero-order chi connectivity index (χ0) is 15.4. The Morgan fingerprint density at radius 1 is 1.52 bits per heavy atom. The lowest BCUT2D eigenvalue weighted by atomic mass is 9.98. The Kier molecular flexibility index (Phi) is 5.81. The van der Waals surface area contributed by atoms with Crippen LogP contribution in [0.5, 0.6) is 0 Å². The summed E-state index contributed by atoms with van der Waals surface area (Å²) in [6.07, 6.45) is 4.24. The van der Waals surface area contributed by atoms with Crippen molar-refractivity contribution in [3.05, 3.63) is 21.0 Å². The molecule has 0 spiro atoms. The summed E-state index contributed by atoms with van der Waals surface area (Å²) in [5, 5.41) is 7.63. The molecule has 1 aliphatic rings. The first kappa shape index (κ1) is 16.5. The van der Waals surface area contributed by atoms with E-state index in [0.29, 0.717) is 22.9 Å². The summed E-state index contributed by atoms with van der Waals surface area (Å²) in [5.41, 5.74) is 0.739. The predicted octanol–water partition coefficient (Wildman–Crippen LogP) is 2.42. The van der Waals surface area contributed by atoms with E-state index in [-0.39, 0.29) is 5.56 Å². The molecule has 0 aliphatic carbocycles. The van der Waals surface area contributed by atoms with Crippen LogP contribution in [0.1, 0.15) is 26.7 Å². The van der Waals surface area contributed by atoms with Gasteiger partial charge in [-0.1, -0.05) is 13.8 Å². The Morgan fingerprint density at radius 2 is 2.29 bits per heavy atom. The summed E-state index contributed by atoms with van der Waals surface area (Å²) in [4.78, 5) is 14.6. The van der Waals surface area contributed by atoms with Crippen molar-refractivity contribution in [3.63, 3.8) is 0 Å². The lowest BCUT2D eigenvalue weighted by Crippen LogP contribution is -2.35. The molecular weight excluding hydrogens is 332 g/mol. The summed E-state index contributed by atoms with van der Waals surface area (Å²) >= 11 is 3.41. The molecule has 0 bridgehead atoms. The molecule has 5 nitrogen and oxygen atoms in total. The smallest absolute Gasteiger partial charge is 0.283 e. The normalized spacial score (nSPS) is 20.0. The van der Waals surface area contributed by atoms with Crippen LogP contribution in [-0.2, 0) is 6.54 Å². The molecule has 1 atom stereocenters. The van der Waals surface area contributed by atoms with E-state index < -0.39 is 0 Å². The van der Waals surface area contributed by atoms with Crippen molar-refractivity contribution in [3.8, 4) is 0 Å². The quantitative estimate of drug-likeness (QED) is 0.879. The number of anilines is 1. The van der Waals surface area contributed by atoms with Crippen LogP contribution in [0.15, 0.2) is 15.5 Å². The van der Waals surface area contributed by atoms with Crippen molar-refractivity contribution in [2.45, 2.75) is 33.2 Å². The van der Waals surface area contributed by atoms with Crippen LogP contribution in [0.2, 0.25) is 0 Å². The van der Waals surface area contributed by atoms with Crippen molar-refractivity contribution >= 4 is 21.6 Å². The maximum Gasteiger partial charge on any atom is 0.283 e. The average Bonchev–Trinajstić information content (AvgIpc) is 2.43. The van der Waals surface area contributed by atoms with Crippen LogP contribution >= 0.6 is 15.9 Å². The molecule has 1 N–H and O–H groups in total. The molecule has 0 amide bonds. The van der Waals surface area contributed by atoms with Crippen molar-refractivity contribution in [2.75, 3.05) is 32.0 Å². The fourth-order valence-electron chi connectivity index (χ4n) is 2.76. The van der Waals surface area contributed by atoms with Gasteiger partial charge in [-0.25, -0.2) is 4.68 Å². The van der Waals surface area contributed by atoms with E-state index in [0.717, 1.165) is 18.8 Å². The summed E-state index contributed by atoms with van der Waals surface area (Å²) in [6.45, 7) is 7.99. The van der Waals surface area contributed by atoms with E-state index in [1.807, 2.05) is 0 Å². The summed E-state index contributed by atoms with van der Waals surface area (Å²) in [7, 11) is 2.16. The maximum absolute atomic E-state index is 12.2. The first-order valence-electron chi connectivity index (χ1n) is 7.65. The van der Waals surface area contributed by atoms with Gasteiger partial charge in [-0.05, 0) is 54.2 Å². The summed E-state index contributed by atoms with van der Waals surface area (Å²) in [6, 6.07) is 0. The molecule has 1 aromatic heterocycles. The zero-order valence-electron chi connectivity index (χ0n) is 13.1. The van der Waals surface area contributed by atoms with Crippen LogP contribution in [0.3, 0.4) is 0 Å². The minimum Gasteiger partial charge on any atom is -0.382 e. The van der Waals surface area contributed by atoms with E-state index in [1.165, 1.54) is 24.1 Å². The second-order valence-corrected chi connectivity index (χ2v) is 7.20. The number of nitrogens with one attached hydrogen (secondary N) is 1. The highest BCUT2D eigenvalue weighted by atomic mass is 79.9. The topological polar surface area (TPSA) is 50.2 Å². The third kappa shape index (κ3) is 4.54. The molecule has 21 heavy (non-hydrogen) atoms. The minimum absolute atomic E-state index is 0.0607. The number of aromatic nitrogens is 2. The number of rotatable bonds is 5. The molecule has 2 rings (SSSR count). The van der Waals surface area contributed by atoms with E-state index in [9.17, 15) is 4.79 Å². The Hall–Kier alpha value is -0.880. The summed E-state index contributed by atoms with van der Waals surface area (Å²) in [5.74, 6) is 1.03. The van der Waals surface area contributed by atoms with Gasteiger partial charge in [0.05, 0.1) is 11.9 Å². The molecule has 0 saturated carbocycles. The van der Waals surface area contributed by atoms with Crippen molar-refractivity contribution < 1.29 is 0 Å². The number of hydrogen-bond acceptors (Lipinski definition) is 4. The molecule has 1 unspecified atom stereocenters. The standard InChI is InChI=1S/C15H25BrN4O/c1-11(2)9-20-15(21)14(16)13(8-18-20)17-7-12-5-4-6-19(3)10-12/h8,11-12,17H,4-7,9-10H2,1-3H3. The third-order valence-corrected chi connectivity index (χ3v) is 4.59. The highest BCUT2D eigenvalue weighted by molar-refractivity contribution is 9.10. The molecule has 6 heteroatoms. The number of likely N-dealkylation sites (tertiary alicyclic amines) is 1. The summed E-state index contributed by atoms with van der Waals surface area (Å²) < 4.78 is 2.11. The molecule has 2 heterocycles. The molecule has 1 saturated heterocycles. The molecule has 1 fully saturated rings. The highest BCUT2D eigenvalue weighted by Gasteiger charge is 2.17. The molecule has 1 aromatic rings. The molecular formula is C15H25BrN4O. The third-order valence-electron chi connectivity index (χ3n) is 3.83. The second-order valence-electron chi connectivity index (χ2n) is 6.40. The Morgan fingerprint density at radius 3 is 2.95 bits per heavy atom. The van der Waals surface area contributed by atoms with E-state index in [2.05, 4.69) is 52.1 Å².